The van der Waals surface area contributed by atoms with Crippen LogP contribution in [0.25, 0.3) is 0 Å². The molecule has 2 aromatic rings. The lowest BCUT2D eigenvalue weighted by Gasteiger charge is -2.08. The van der Waals surface area contributed by atoms with Gasteiger partial charge in [0, 0.05) is 14.9 Å². The smallest absolute Gasteiger partial charge is 0.251 e. The van der Waals surface area contributed by atoms with E-state index in [1.807, 2.05) is 13.8 Å². The Morgan fingerprint density at radius 3 is 2.39 bits per heavy atom. The summed E-state index contributed by atoms with van der Waals surface area (Å²) in [5.74, 6) is -0.638. The van der Waals surface area contributed by atoms with Crippen molar-refractivity contribution in [3.63, 3.8) is 0 Å². The maximum Gasteiger partial charge on any atom is 0.251 e. The van der Waals surface area contributed by atoms with Gasteiger partial charge >= 0.3 is 0 Å². The lowest BCUT2D eigenvalue weighted by molar-refractivity contribution is -0.115. The van der Waals surface area contributed by atoms with E-state index in [0.717, 1.165) is 4.88 Å². The van der Waals surface area contributed by atoms with Gasteiger partial charge in [-0.05, 0) is 29.7 Å². The molecule has 0 spiro atoms. The summed E-state index contributed by atoms with van der Waals surface area (Å²) in [7, 11) is 0. The van der Waals surface area contributed by atoms with Crippen LogP contribution >= 0.6 is 34.5 Å². The van der Waals surface area contributed by atoms with Crippen LogP contribution in [-0.2, 0) is 11.2 Å². The molecule has 1 aromatic heterocycles. The summed E-state index contributed by atoms with van der Waals surface area (Å²) >= 11 is 13.5. The van der Waals surface area contributed by atoms with Gasteiger partial charge < -0.3 is 11.1 Å². The first-order chi connectivity index (χ1) is 10.8. The van der Waals surface area contributed by atoms with E-state index in [0.29, 0.717) is 26.2 Å². The number of nitrogens with two attached hydrogens (primary N) is 1. The van der Waals surface area contributed by atoms with E-state index in [2.05, 4.69) is 5.32 Å². The molecular formula is C16H16Cl2N2O2S. The second-order valence-electron chi connectivity index (χ2n) is 5.34. The van der Waals surface area contributed by atoms with Crippen LogP contribution in [-0.4, -0.2) is 11.8 Å². The summed E-state index contributed by atoms with van der Waals surface area (Å²) < 4.78 is 0. The molecule has 2 amide bonds. The number of hydrogen-bond acceptors (Lipinski definition) is 3. The lowest BCUT2D eigenvalue weighted by Crippen LogP contribution is -2.18. The topological polar surface area (TPSA) is 72.2 Å². The van der Waals surface area contributed by atoms with E-state index >= 15 is 0 Å². The molecule has 0 bridgehead atoms. The van der Waals surface area contributed by atoms with Crippen molar-refractivity contribution in [2.45, 2.75) is 26.2 Å². The monoisotopic (exact) mass is 370 g/mol. The van der Waals surface area contributed by atoms with Gasteiger partial charge in [-0.1, -0.05) is 43.1 Å². The van der Waals surface area contributed by atoms with Crippen molar-refractivity contribution in [1.29, 1.82) is 0 Å². The Morgan fingerprint density at radius 2 is 1.87 bits per heavy atom. The minimum absolute atomic E-state index is 0.0195. The van der Waals surface area contributed by atoms with Crippen molar-refractivity contribution in [2.24, 2.45) is 5.73 Å². The fourth-order valence-corrected chi connectivity index (χ4v) is 3.62. The number of halogens is 2. The second-order valence-corrected chi connectivity index (χ2v) is 7.23. The fraction of sp³-hybridized carbons (Fsp3) is 0.250. The van der Waals surface area contributed by atoms with Crippen LogP contribution in [0.3, 0.4) is 0 Å². The third kappa shape index (κ3) is 4.25. The maximum atomic E-state index is 12.3. The molecule has 0 atom stereocenters. The zero-order valence-electron chi connectivity index (χ0n) is 12.7. The van der Waals surface area contributed by atoms with Crippen LogP contribution in [0, 0.1) is 0 Å². The highest BCUT2D eigenvalue weighted by molar-refractivity contribution is 7.16. The molecule has 0 aliphatic carbocycles. The predicted molar refractivity (Wildman–Crippen MR) is 95.7 cm³/mol. The van der Waals surface area contributed by atoms with Gasteiger partial charge in [0.2, 0.25) is 5.91 Å². The summed E-state index contributed by atoms with van der Waals surface area (Å²) in [6.45, 7) is 4.01. The molecule has 1 heterocycles. The number of thiophene rings is 1. The van der Waals surface area contributed by atoms with Gasteiger partial charge in [-0.15, -0.1) is 11.3 Å². The molecule has 2 rings (SSSR count). The van der Waals surface area contributed by atoms with Crippen molar-refractivity contribution in [3.8, 4) is 0 Å². The highest BCUT2D eigenvalue weighted by Gasteiger charge is 2.18. The zero-order valence-corrected chi connectivity index (χ0v) is 15.0. The van der Waals surface area contributed by atoms with Gasteiger partial charge in [0.1, 0.15) is 5.00 Å². The molecule has 0 aliphatic heterocycles. The first kappa shape index (κ1) is 17.8. The number of carbonyl (C=O) groups is 2. The van der Waals surface area contributed by atoms with Gasteiger partial charge in [0.25, 0.3) is 5.91 Å². The number of nitrogens with one attached hydrogen (secondary N) is 1. The predicted octanol–water partition coefficient (Wildman–Crippen LogP) is 4.46. The molecule has 7 heteroatoms. The molecule has 0 fully saturated rings. The van der Waals surface area contributed by atoms with Gasteiger partial charge in [-0.2, -0.15) is 0 Å². The average molecular weight is 371 g/mol. The molecule has 0 saturated carbocycles. The number of anilines is 1. The normalized spacial score (nSPS) is 10.8. The van der Waals surface area contributed by atoms with Crippen LogP contribution in [0.1, 0.15) is 40.6 Å². The van der Waals surface area contributed by atoms with Crippen molar-refractivity contribution in [1.82, 2.24) is 0 Å². The molecule has 0 saturated heterocycles. The van der Waals surface area contributed by atoms with Crippen molar-refractivity contribution < 1.29 is 9.59 Å². The molecule has 1 aromatic carbocycles. The summed E-state index contributed by atoms with van der Waals surface area (Å²) in [5, 5.41) is 4.04. The van der Waals surface area contributed by atoms with Gasteiger partial charge in [0.15, 0.2) is 0 Å². The Morgan fingerprint density at radius 1 is 1.26 bits per heavy atom. The van der Waals surface area contributed by atoms with Crippen LogP contribution in [0.2, 0.25) is 10.0 Å². The number of amides is 2. The molecular weight excluding hydrogens is 355 g/mol. The van der Waals surface area contributed by atoms with E-state index in [9.17, 15) is 9.59 Å². The van der Waals surface area contributed by atoms with Crippen LogP contribution < -0.4 is 11.1 Å². The molecule has 3 N–H and O–H groups in total. The van der Waals surface area contributed by atoms with E-state index in [-0.39, 0.29) is 18.2 Å². The number of rotatable bonds is 5. The van der Waals surface area contributed by atoms with Crippen molar-refractivity contribution in [3.05, 3.63) is 50.3 Å². The maximum absolute atomic E-state index is 12.3. The highest BCUT2D eigenvalue weighted by atomic mass is 35.5. The molecule has 122 valence electrons. The summed E-state index contributed by atoms with van der Waals surface area (Å²) in [4.78, 5) is 24.8. The first-order valence-electron chi connectivity index (χ1n) is 6.95. The van der Waals surface area contributed by atoms with Crippen molar-refractivity contribution in [2.75, 3.05) is 5.32 Å². The van der Waals surface area contributed by atoms with Gasteiger partial charge in [0.05, 0.1) is 12.0 Å². The third-order valence-electron chi connectivity index (χ3n) is 3.24. The van der Waals surface area contributed by atoms with Crippen LogP contribution in [0.15, 0.2) is 24.3 Å². The standard InChI is InChI=1S/C16H16Cl2N2O2S/c1-8(2)13-6-10(15(19)22)16(23-13)20-14(21)7-9-11(17)4-3-5-12(9)18/h3-6,8H,7H2,1-2H3,(H2,19,22)(H,20,21). The van der Waals surface area contributed by atoms with E-state index < -0.39 is 5.91 Å². The van der Waals surface area contributed by atoms with Gasteiger partial charge in [-0.25, -0.2) is 0 Å². The van der Waals surface area contributed by atoms with Crippen molar-refractivity contribution >= 4 is 51.4 Å². The Bertz CT molecular complexity index is 736. The molecule has 4 nitrogen and oxygen atoms in total. The second kappa shape index (κ2) is 7.34. The van der Waals surface area contributed by atoms with E-state index in [1.54, 1.807) is 24.3 Å². The lowest BCUT2D eigenvalue weighted by atomic mass is 10.1. The highest BCUT2D eigenvalue weighted by Crippen LogP contribution is 2.33. The number of hydrogen-bond donors (Lipinski definition) is 2. The molecule has 0 radical (unpaired) electrons. The van der Waals surface area contributed by atoms with Crippen LogP contribution in [0.5, 0.6) is 0 Å². The SMILES string of the molecule is CC(C)c1cc(C(N)=O)c(NC(=O)Cc2c(Cl)cccc2Cl)s1. The minimum Gasteiger partial charge on any atom is -0.366 e. The third-order valence-corrected chi connectivity index (χ3v) is 5.30. The molecule has 23 heavy (non-hydrogen) atoms. The number of carbonyl (C=O) groups excluding carboxylic acids is 2. The largest absolute Gasteiger partial charge is 0.366 e. The average Bonchev–Trinajstić information content (AvgIpc) is 2.87. The molecule has 0 unspecified atom stereocenters. The van der Waals surface area contributed by atoms with E-state index in [1.165, 1.54) is 11.3 Å². The summed E-state index contributed by atoms with van der Waals surface area (Å²) in [6, 6.07) is 6.78. The van der Waals surface area contributed by atoms with Gasteiger partial charge in [-0.3, -0.25) is 9.59 Å². The molecule has 0 aliphatic rings. The Hall–Kier alpha value is -1.56. The minimum atomic E-state index is -0.570. The Labute approximate surface area is 148 Å². The summed E-state index contributed by atoms with van der Waals surface area (Å²) in [6.07, 6.45) is 0.0195. The quantitative estimate of drug-likeness (QED) is 0.815. The number of primary amides is 1. The Balaban J connectivity index is 2.22. The van der Waals surface area contributed by atoms with E-state index in [4.69, 9.17) is 28.9 Å². The Kier molecular flexibility index (Phi) is 5.68. The first-order valence-corrected chi connectivity index (χ1v) is 8.53. The fourth-order valence-electron chi connectivity index (χ4n) is 2.00. The number of benzene rings is 1. The zero-order chi connectivity index (χ0) is 17.1. The summed E-state index contributed by atoms with van der Waals surface area (Å²) in [5.41, 5.74) is 6.25. The van der Waals surface area contributed by atoms with Crippen LogP contribution in [0.4, 0.5) is 5.00 Å².